The molecule has 0 aliphatic carbocycles. The van der Waals surface area contributed by atoms with Crippen LogP contribution in [0.1, 0.15) is 18.5 Å². The summed E-state index contributed by atoms with van der Waals surface area (Å²) in [6.07, 6.45) is -4.26. The molecular formula is C16H16F3N3O2. The number of nitrogens with zero attached hydrogens (tertiary/aromatic N) is 3. The number of carbonyl (C=O) groups excluding carboxylic acids is 1. The van der Waals surface area contributed by atoms with Crippen LogP contribution < -0.4 is 5.56 Å². The van der Waals surface area contributed by atoms with Crippen LogP contribution in [0, 0.1) is 6.92 Å². The van der Waals surface area contributed by atoms with E-state index in [0.29, 0.717) is 22.9 Å². The van der Waals surface area contributed by atoms with E-state index in [4.69, 9.17) is 0 Å². The first-order valence-corrected chi connectivity index (χ1v) is 7.61. The maximum Gasteiger partial charge on any atom is 0.408 e. The third-order valence-corrected chi connectivity index (χ3v) is 4.29. The zero-order valence-electron chi connectivity index (χ0n) is 13.0. The number of alkyl halides is 3. The van der Waals surface area contributed by atoms with Gasteiger partial charge in [0.2, 0.25) is 5.91 Å². The van der Waals surface area contributed by atoms with Crippen molar-refractivity contribution in [2.75, 3.05) is 6.54 Å². The molecule has 1 unspecified atom stereocenters. The highest BCUT2D eigenvalue weighted by Gasteiger charge is 2.47. The number of amides is 1. The fourth-order valence-corrected chi connectivity index (χ4v) is 3.14. The number of hydrogen-bond acceptors (Lipinski definition) is 3. The van der Waals surface area contributed by atoms with Crippen molar-refractivity contribution in [2.45, 2.75) is 38.5 Å². The van der Waals surface area contributed by atoms with E-state index >= 15 is 0 Å². The van der Waals surface area contributed by atoms with Gasteiger partial charge in [0.25, 0.3) is 5.56 Å². The Morgan fingerprint density at radius 2 is 1.96 bits per heavy atom. The Hall–Kier alpha value is -2.38. The van der Waals surface area contributed by atoms with Gasteiger partial charge in [-0.25, -0.2) is 4.68 Å². The lowest BCUT2D eigenvalue weighted by molar-refractivity contribution is -0.183. The largest absolute Gasteiger partial charge is 0.408 e. The van der Waals surface area contributed by atoms with Crippen molar-refractivity contribution in [3.8, 4) is 0 Å². The molecule has 1 amide bonds. The molecule has 2 heterocycles. The molecule has 5 nitrogen and oxygen atoms in total. The molecule has 128 valence electrons. The number of rotatable bonds is 2. The van der Waals surface area contributed by atoms with Crippen molar-refractivity contribution in [1.82, 2.24) is 14.7 Å². The predicted octanol–water partition coefficient (Wildman–Crippen LogP) is 2.26. The summed E-state index contributed by atoms with van der Waals surface area (Å²) in [5.74, 6) is -0.737. The first-order chi connectivity index (χ1) is 11.3. The molecule has 24 heavy (non-hydrogen) atoms. The molecule has 0 saturated carbocycles. The van der Waals surface area contributed by atoms with E-state index in [-0.39, 0.29) is 13.0 Å². The third-order valence-electron chi connectivity index (χ3n) is 4.29. The molecule has 0 bridgehead atoms. The van der Waals surface area contributed by atoms with Crippen LogP contribution in [0.3, 0.4) is 0 Å². The molecule has 8 heteroatoms. The zero-order chi connectivity index (χ0) is 17.5. The SMILES string of the molecule is Cc1nn(CC(=O)N2CCCC2C(F)(F)F)c(=O)c2ccccc12. The maximum atomic E-state index is 13.0. The van der Waals surface area contributed by atoms with Crippen molar-refractivity contribution < 1.29 is 18.0 Å². The van der Waals surface area contributed by atoms with Crippen molar-refractivity contribution in [2.24, 2.45) is 0 Å². The van der Waals surface area contributed by atoms with Gasteiger partial charge in [-0.15, -0.1) is 0 Å². The van der Waals surface area contributed by atoms with Gasteiger partial charge >= 0.3 is 6.18 Å². The molecule has 0 spiro atoms. The van der Waals surface area contributed by atoms with Crippen LogP contribution in [-0.4, -0.2) is 39.4 Å². The Morgan fingerprint density at radius 1 is 1.29 bits per heavy atom. The van der Waals surface area contributed by atoms with Gasteiger partial charge in [0, 0.05) is 11.9 Å². The molecule has 0 radical (unpaired) electrons. The van der Waals surface area contributed by atoms with E-state index in [2.05, 4.69) is 5.10 Å². The Bertz CT molecular complexity index is 845. The smallest absolute Gasteiger partial charge is 0.329 e. The number of carbonyl (C=O) groups is 1. The molecular weight excluding hydrogens is 323 g/mol. The van der Waals surface area contributed by atoms with Crippen molar-refractivity contribution >= 4 is 16.7 Å². The van der Waals surface area contributed by atoms with Crippen molar-refractivity contribution in [3.05, 3.63) is 40.3 Å². The Kier molecular flexibility index (Phi) is 4.06. The summed E-state index contributed by atoms with van der Waals surface area (Å²) in [5, 5.41) is 5.14. The predicted molar refractivity (Wildman–Crippen MR) is 81.5 cm³/mol. The fourth-order valence-electron chi connectivity index (χ4n) is 3.14. The van der Waals surface area contributed by atoms with Crippen LogP contribution in [0.5, 0.6) is 0 Å². The van der Waals surface area contributed by atoms with Crippen LogP contribution in [-0.2, 0) is 11.3 Å². The summed E-state index contributed by atoms with van der Waals surface area (Å²) in [5.41, 5.74) is 0.0686. The van der Waals surface area contributed by atoms with Gasteiger partial charge in [0.1, 0.15) is 12.6 Å². The maximum absolute atomic E-state index is 13.0. The summed E-state index contributed by atoms with van der Waals surface area (Å²) in [6.45, 7) is 1.25. The summed E-state index contributed by atoms with van der Waals surface area (Å²) < 4.78 is 39.9. The van der Waals surface area contributed by atoms with Gasteiger partial charge in [-0.2, -0.15) is 18.3 Å². The molecule has 0 N–H and O–H groups in total. The van der Waals surface area contributed by atoms with E-state index in [1.807, 2.05) is 0 Å². The number of benzene rings is 1. The number of fused-ring (bicyclic) bond motifs is 1. The minimum Gasteiger partial charge on any atom is -0.329 e. The molecule has 3 rings (SSSR count). The Morgan fingerprint density at radius 3 is 2.62 bits per heavy atom. The average Bonchev–Trinajstić information content (AvgIpc) is 3.02. The Balaban J connectivity index is 1.91. The molecule has 1 fully saturated rings. The second kappa shape index (κ2) is 5.92. The first-order valence-electron chi connectivity index (χ1n) is 7.61. The van der Waals surface area contributed by atoms with Crippen LogP contribution in [0.25, 0.3) is 10.8 Å². The van der Waals surface area contributed by atoms with Crippen molar-refractivity contribution in [1.29, 1.82) is 0 Å². The van der Waals surface area contributed by atoms with E-state index in [0.717, 1.165) is 9.58 Å². The van der Waals surface area contributed by atoms with E-state index in [9.17, 15) is 22.8 Å². The second-order valence-electron chi connectivity index (χ2n) is 5.88. The standard InChI is InChI=1S/C16H16F3N3O2/c1-10-11-5-2-3-6-12(11)15(24)22(20-10)9-14(23)21-8-4-7-13(21)16(17,18)19/h2-3,5-6,13H,4,7-9H2,1H3. The van der Waals surface area contributed by atoms with Gasteiger partial charge in [0.05, 0.1) is 11.1 Å². The molecule has 1 atom stereocenters. The highest BCUT2D eigenvalue weighted by molar-refractivity contribution is 5.83. The molecule has 1 aliphatic heterocycles. The van der Waals surface area contributed by atoms with Crippen LogP contribution in [0.2, 0.25) is 0 Å². The van der Waals surface area contributed by atoms with Gasteiger partial charge in [-0.3, -0.25) is 9.59 Å². The monoisotopic (exact) mass is 339 g/mol. The zero-order valence-corrected chi connectivity index (χ0v) is 13.0. The van der Waals surface area contributed by atoms with Gasteiger partial charge in [-0.05, 0) is 25.8 Å². The Labute approximate surface area is 135 Å². The number of halogens is 3. The number of aryl methyl sites for hydroxylation is 1. The van der Waals surface area contributed by atoms with E-state index in [1.165, 1.54) is 0 Å². The molecule has 1 saturated heterocycles. The molecule has 1 aromatic carbocycles. The quantitative estimate of drug-likeness (QED) is 0.843. The number of hydrogen-bond donors (Lipinski definition) is 0. The molecule has 1 aromatic heterocycles. The van der Waals surface area contributed by atoms with Crippen LogP contribution in [0.4, 0.5) is 13.2 Å². The lowest BCUT2D eigenvalue weighted by Crippen LogP contribution is -2.46. The van der Waals surface area contributed by atoms with Crippen molar-refractivity contribution in [3.63, 3.8) is 0 Å². The second-order valence-corrected chi connectivity index (χ2v) is 5.88. The van der Waals surface area contributed by atoms with Crippen LogP contribution >= 0.6 is 0 Å². The lowest BCUT2D eigenvalue weighted by Gasteiger charge is -2.26. The summed E-state index contributed by atoms with van der Waals surface area (Å²) in [4.78, 5) is 25.5. The average molecular weight is 339 g/mol. The minimum atomic E-state index is -4.45. The lowest BCUT2D eigenvalue weighted by atomic mass is 10.1. The summed E-state index contributed by atoms with van der Waals surface area (Å²) in [6, 6.07) is 5.04. The topological polar surface area (TPSA) is 55.2 Å². The highest BCUT2D eigenvalue weighted by atomic mass is 19.4. The number of aromatic nitrogens is 2. The summed E-state index contributed by atoms with van der Waals surface area (Å²) in [7, 11) is 0. The highest BCUT2D eigenvalue weighted by Crippen LogP contribution is 2.32. The van der Waals surface area contributed by atoms with Gasteiger partial charge in [0.15, 0.2) is 0 Å². The molecule has 2 aromatic rings. The van der Waals surface area contributed by atoms with Gasteiger partial charge in [-0.1, -0.05) is 18.2 Å². The third kappa shape index (κ3) is 2.88. The van der Waals surface area contributed by atoms with Crippen LogP contribution in [0.15, 0.2) is 29.1 Å². The summed E-state index contributed by atoms with van der Waals surface area (Å²) >= 11 is 0. The molecule has 1 aliphatic rings. The normalized spacial score (nSPS) is 18.3. The fraction of sp³-hybridized carbons (Fsp3) is 0.438. The minimum absolute atomic E-state index is 0.0460. The number of likely N-dealkylation sites (tertiary alicyclic amines) is 1. The first kappa shape index (κ1) is 16.5. The van der Waals surface area contributed by atoms with E-state index < -0.39 is 30.2 Å². The van der Waals surface area contributed by atoms with Gasteiger partial charge < -0.3 is 4.90 Å². The van der Waals surface area contributed by atoms with E-state index in [1.54, 1.807) is 31.2 Å².